The van der Waals surface area contributed by atoms with Crippen molar-refractivity contribution >= 4 is 34.7 Å². The zero-order chi connectivity index (χ0) is 19.5. The Morgan fingerprint density at radius 3 is 2.43 bits per heavy atom. The second kappa shape index (κ2) is 8.02. The number of benzene rings is 2. The van der Waals surface area contributed by atoms with Gasteiger partial charge in [-0.25, -0.2) is 9.37 Å². The van der Waals surface area contributed by atoms with Gasteiger partial charge < -0.3 is 15.1 Å². The van der Waals surface area contributed by atoms with Crippen LogP contribution in [-0.2, 0) is 0 Å². The van der Waals surface area contributed by atoms with Gasteiger partial charge in [-0.2, -0.15) is 4.98 Å². The minimum absolute atomic E-state index is 0.213. The fraction of sp³-hybridized carbons (Fsp3) is 0.238. The maximum absolute atomic E-state index is 13.1. The number of halogens is 2. The molecule has 28 heavy (non-hydrogen) atoms. The fourth-order valence-electron chi connectivity index (χ4n) is 3.27. The van der Waals surface area contributed by atoms with Crippen LogP contribution in [0.5, 0.6) is 0 Å². The molecule has 1 fully saturated rings. The topological polar surface area (TPSA) is 44.3 Å². The molecule has 7 heteroatoms. The van der Waals surface area contributed by atoms with Crippen LogP contribution < -0.4 is 15.1 Å². The molecule has 144 valence electrons. The van der Waals surface area contributed by atoms with Crippen LogP contribution in [0, 0.1) is 12.7 Å². The smallest absolute Gasteiger partial charge is 0.227 e. The number of hydrogen-bond donors (Lipinski definition) is 1. The van der Waals surface area contributed by atoms with Gasteiger partial charge in [-0.3, -0.25) is 0 Å². The molecule has 0 atom stereocenters. The van der Waals surface area contributed by atoms with Gasteiger partial charge in [-0.1, -0.05) is 17.7 Å². The number of hydrogen-bond acceptors (Lipinski definition) is 5. The van der Waals surface area contributed by atoms with E-state index in [9.17, 15) is 4.39 Å². The SMILES string of the molecule is Cc1c(Cl)cccc1Nc1ccnc(N2CCN(c3ccc(F)cc3)CC2)n1. The highest BCUT2D eigenvalue weighted by atomic mass is 35.5. The Kier molecular flexibility index (Phi) is 5.30. The van der Waals surface area contributed by atoms with E-state index in [4.69, 9.17) is 11.6 Å². The van der Waals surface area contributed by atoms with Crippen molar-refractivity contribution in [3.63, 3.8) is 0 Å². The lowest BCUT2D eigenvalue weighted by atomic mass is 10.2. The highest BCUT2D eigenvalue weighted by Gasteiger charge is 2.19. The minimum Gasteiger partial charge on any atom is -0.368 e. The lowest BCUT2D eigenvalue weighted by Crippen LogP contribution is -2.47. The maximum Gasteiger partial charge on any atom is 0.227 e. The standard InChI is InChI=1S/C21H21ClFN5/c1-15-18(22)3-2-4-19(15)25-20-9-10-24-21(26-20)28-13-11-27(12-14-28)17-7-5-16(23)6-8-17/h2-10H,11-14H2,1H3,(H,24,25,26). The van der Waals surface area contributed by atoms with Crippen LogP contribution in [0.25, 0.3) is 0 Å². The van der Waals surface area contributed by atoms with E-state index in [-0.39, 0.29) is 5.82 Å². The van der Waals surface area contributed by atoms with Gasteiger partial charge in [0.25, 0.3) is 0 Å². The molecule has 1 N–H and O–H groups in total. The maximum atomic E-state index is 13.1. The summed E-state index contributed by atoms with van der Waals surface area (Å²) in [6, 6.07) is 14.2. The van der Waals surface area contributed by atoms with Crippen molar-refractivity contribution in [2.24, 2.45) is 0 Å². The van der Waals surface area contributed by atoms with Gasteiger partial charge in [-0.05, 0) is 55.0 Å². The van der Waals surface area contributed by atoms with Gasteiger partial charge in [-0.15, -0.1) is 0 Å². The Bertz CT molecular complexity index is 955. The van der Waals surface area contributed by atoms with Crippen molar-refractivity contribution < 1.29 is 4.39 Å². The molecule has 0 amide bonds. The third-order valence-electron chi connectivity index (χ3n) is 4.93. The zero-order valence-electron chi connectivity index (χ0n) is 15.6. The summed E-state index contributed by atoms with van der Waals surface area (Å²) < 4.78 is 13.1. The van der Waals surface area contributed by atoms with Crippen LogP contribution >= 0.6 is 11.6 Å². The first-order valence-electron chi connectivity index (χ1n) is 9.21. The molecule has 0 spiro atoms. The normalized spacial score (nSPS) is 14.2. The van der Waals surface area contributed by atoms with E-state index >= 15 is 0 Å². The Labute approximate surface area is 168 Å². The number of nitrogens with zero attached hydrogens (tertiary/aromatic N) is 4. The first-order valence-corrected chi connectivity index (χ1v) is 9.58. The average molecular weight is 398 g/mol. The van der Waals surface area contributed by atoms with Crippen molar-refractivity contribution in [1.82, 2.24) is 9.97 Å². The molecule has 0 radical (unpaired) electrons. The highest BCUT2D eigenvalue weighted by molar-refractivity contribution is 6.31. The number of rotatable bonds is 4. The molecule has 1 aliphatic rings. The summed E-state index contributed by atoms with van der Waals surface area (Å²) in [5.74, 6) is 1.22. The van der Waals surface area contributed by atoms with Crippen molar-refractivity contribution in [3.05, 3.63) is 71.1 Å². The number of nitrogens with one attached hydrogen (secondary N) is 1. The van der Waals surface area contributed by atoms with E-state index in [0.717, 1.165) is 54.0 Å². The molecule has 0 bridgehead atoms. The van der Waals surface area contributed by atoms with E-state index in [1.54, 1.807) is 6.20 Å². The summed E-state index contributed by atoms with van der Waals surface area (Å²) in [6.45, 7) is 5.25. The van der Waals surface area contributed by atoms with Crippen molar-refractivity contribution in [2.45, 2.75) is 6.92 Å². The molecule has 0 aliphatic carbocycles. The van der Waals surface area contributed by atoms with Gasteiger partial charge in [0.2, 0.25) is 5.95 Å². The fourth-order valence-corrected chi connectivity index (χ4v) is 3.44. The molecule has 1 saturated heterocycles. The number of anilines is 4. The Hall–Kier alpha value is -2.86. The molecule has 2 heterocycles. The monoisotopic (exact) mass is 397 g/mol. The molecular formula is C21H21ClFN5. The first kappa shape index (κ1) is 18.5. The van der Waals surface area contributed by atoms with Gasteiger partial charge >= 0.3 is 0 Å². The van der Waals surface area contributed by atoms with E-state index in [1.807, 2.05) is 43.3 Å². The Balaban J connectivity index is 1.44. The van der Waals surface area contributed by atoms with Crippen LogP contribution in [0.2, 0.25) is 5.02 Å². The molecule has 3 aromatic rings. The first-order chi connectivity index (χ1) is 13.6. The summed E-state index contributed by atoms with van der Waals surface area (Å²) in [7, 11) is 0. The molecule has 0 unspecified atom stereocenters. The third-order valence-corrected chi connectivity index (χ3v) is 5.34. The van der Waals surface area contributed by atoms with Crippen LogP contribution in [0.4, 0.5) is 27.5 Å². The Morgan fingerprint density at radius 2 is 1.68 bits per heavy atom. The van der Waals surface area contributed by atoms with E-state index in [0.29, 0.717) is 5.95 Å². The van der Waals surface area contributed by atoms with Gasteiger partial charge in [0.05, 0.1) is 0 Å². The second-order valence-electron chi connectivity index (χ2n) is 6.73. The van der Waals surface area contributed by atoms with Crippen LogP contribution in [0.3, 0.4) is 0 Å². The predicted molar refractivity (Wildman–Crippen MR) is 112 cm³/mol. The molecule has 1 aromatic heterocycles. The third kappa shape index (κ3) is 4.02. The summed E-state index contributed by atoms with van der Waals surface area (Å²) >= 11 is 6.20. The highest BCUT2D eigenvalue weighted by Crippen LogP contribution is 2.26. The molecule has 1 aliphatic heterocycles. The molecule has 2 aromatic carbocycles. The lowest BCUT2D eigenvalue weighted by molar-refractivity contribution is 0.623. The quantitative estimate of drug-likeness (QED) is 0.694. The van der Waals surface area contributed by atoms with Crippen LogP contribution in [-0.4, -0.2) is 36.1 Å². The number of aromatic nitrogens is 2. The molecular weight excluding hydrogens is 377 g/mol. The van der Waals surface area contributed by atoms with Gasteiger partial charge in [0, 0.05) is 48.8 Å². The zero-order valence-corrected chi connectivity index (χ0v) is 16.3. The summed E-state index contributed by atoms with van der Waals surface area (Å²) in [5, 5.41) is 4.04. The lowest BCUT2D eigenvalue weighted by Gasteiger charge is -2.36. The van der Waals surface area contributed by atoms with Crippen molar-refractivity contribution in [3.8, 4) is 0 Å². The molecule has 5 nitrogen and oxygen atoms in total. The number of piperazine rings is 1. The predicted octanol–water partition coefficient (Wildman–Crippen LogP) is 4.65. The summed E-state index contributed by atoms with van der Waals surface area (Å²) in [4.78, 5) is 13.5. The van der Waals surface area contributed by atoms with Gasteiger partial charge in [0.1, 0.15) is 11.6 Å². The summed E-state index contributed by atoms with van der Waals surface area (Å²) in [5.41, 5.74) is 2.95. The van der Waals surface area contributed by atoms with Crippen molar-refractivity contribution in [2.75, 3.05) is 41.3 Å². The van der Waals surface area contributed by atoms with Crippen LogP contribution in [0.1, 0.15) is 5.56 Å². The largest absolute Gasteiger partial charge is 0.368 e. The molecule has 4 rings (SSSR count). The van der Waals surface area contributed by atoms with Crippen molar-refractivity contribution in [1.29, 1.82) is 0 Å². The molecule has 0 saturated carbocycles. The summed E-state index contributed by atoms with van der Waals surface area (Å²) in [6.07, 6.45) is 1.76. The van der Waals surface area contributed by atoms with E-state index in [1.165, 1.54) is 12.1 Å². The second-order valence-corrected chi connectivity index (χ2v) is 7.14. The van der Waals surface area contributed by atoms with E-state index < -0.39 is 0 Å². The van der Waals surface area contributed by atoms with E-state index in [2.05, 4.69) is 25.1 Å². The van der Waals surface area contributed by atoms with Crippen LogP contribution in [0.15, 0.2) is 54.7 Å². The average Bonchev–Trinajstić information content (AvgIpc) is 2.72. The minimum atomic E-state index is -0.213. The Morgan fingerprint density at radius 1 is 0.964 bits per heavy atom. The van der Waals surface area contributed by atoms with Gasteiger partial charge in [0.15, 0.2) is 0 Å².